The van der Waals surface area contributed by atoms with Crippen LogP contribution in [0.1, 0.15) is 44.4 Å². The van der Waals surface area contributed by atoms with Crippen molar-refractivity contribution in [2.75, 3.05) is 6.54 Å². The Labute approximate surface area is 110 Å². The van der Waals surface area contributed by atoms with Crippen LogP contribution in [0.3, 0.4) is 0 Å². The van der Waals surface area contributed by atoms with Crippen LogP contribution in [-0.4, -0.2) is 18.5 Å². The molecule has 1 aromatic carbocycles. The summed E-state index contributed by atoms with van der Waals surface area (Å²) in [6.45, 7) is 8.84. The zero-order valence-corrected chi connectivity index (χ0v) is 11.8. The zero-order chi connectivity index (χ0) is 13.5. The fourth-order valence-corrected chi connectivity index (χ4v) is 1.77. The average Bonchev–Trinajstić information content (AvgIpc) is 2.28. The van der Waals surface area contributed by atoms with E-state index in [4.69, 9.17) is 0 Å². The Morgan fingerprint density at radius 2 is 1.78 bits per heavy atom. The van der Waals surface area contributed by atoms with Gasteiger partial charge < -0.3 is 10.6 Å². The summed E-state index contributed by atoms with van der Waals surface area (Å²) in [6, 6.07) is 8.96. The molecule has 0 radical (unpaired) electrons. The van der Waals surface area contributed by atoms with Gasteiger partial charge in [-0.15, -0.1) is 0 Å². The minimum atomic E-state index is 0.105. The Hall–Kier alpha value is -1.35. The van der Waals surface area contributed by atoms with Crippen molar-refractivity contribution >= 4 is 5.91 Å². The predicted molar refractivity (Wildman–Crippen MR) is 75.5 cm³/mol. The van der Waals surface area contributed by atoms with Crippen molar-refractivity contribution in [2.24, 2.45) is 0 Å². The SMILES string of the molecule is Cc1ccc([C@H](C)NCCC(=O)NC(C)C)cc1. The third-order valence-corrected chi connectivity index (χ3v) is 2.83. The van der Waals surface area contributed by atoms with E-state index >= 15 is 0 Å². The van der Waals surface area contributed by atoms with Crippen LogP contribution in [0.15, 0.2) is 24.3 Å². The van der Waals surface area contributed by atoms with Crippen molar-refractivity contribution in [1.29, 1.82) is 0 Å². The molecule has 3 nitrogen and oxygen atoms in total. The molecular formula is C15H24N2O. The summed E-state index contributed by atoms with van der Waals surface area (Å²) < 4.78 is 0. The molecular weight excluding hydrogens is 224 g/mol. The number of benzene rings is 1. The van der Waals surface area contributed by atoms with E-state index in [-0.39, 0.29) is 18.0 Å². The molecule has 1 amide bonds. The lowest BCUT2D eigenvalue weighted by Gasteiger charge is -2.15. The summed E-state index contributed by atoms with van der Waals surface area (Å²) in [5.74, 6) is 0.105. The Morgan fingerprint density at radius 3 is 2.33 bits per heavy atom. The van der Waals surface area contributed by atoms with Gasteiger partial charge in [-0.1, -0.05) is 29.8 Å². The Kier molecular flexibility index (Phi) is 5.86. The third kappa shape index (κ3) is 5.32. The minimum Gasteiger partial charge on any atom is -0.354 e. The van der Waals surface area contributed by atoms with Crippen molar-refractivity contribution in [3.63, 3.8) is 0 Å². The van der Waals surface area contributed by atoms with Crippen LogP contribution >= 0.6 is 0 Å². The molecule has 0 bridgehead atoms. The maximum atomic E-state index is 11.5. The first kappa shape index (κ1) is 14.7. The molecule has 0 aliphatic rings. The van der Waals surface area contributed by atoms with E-state index in [2.05, 4.69) is 48.7 Å². The molecule has 18 heavy (non-hydrogen) atoms. The summed E-state index contributed by atoms with van der Waals surface area (Å²) in [6.07, 6.45) is 0.522. The van der Waals surface area contributed by atoms with Gasteiger partial charge in [0.25, 0.3) is 0 Å². The highest BCUT2D eigenvalue weighted by Crippen LogP contribution is 2.12. The fraction of sp³-hybridized carbons (Fsp3) is 0.533. The lowest BCUT2D eigenvalue weighted by atomic mass is 10.1. The minimum absolute atomic E-state index is 0.105. The van der Waals surface area contributed by atoms with E-state index in [0.29, 0.717) is 13.0 Å². The van der Waals surface area contributed by atoms with Gasteiger partial charge in [-0.25, -0.2) is 0 Å². The first-order valence-electron chi connectivity index (χ1n) is 6.58. The molecule has 2 N–H and O–H groups in total. The van der Waals surface area contributed by atoms with Crippen LogP contribution in [0.2, 0.25) is 0 Å². The maximum Gasteiger partial charge on any atom is 0.221 e. The van der Waals surface area contributed by atoms with E-state index in [1.807, 2.05) is 13.8 Å². The van der Waals surface area contributed by atoms with Gasteiger partial charge >= 0.3 is 0 Å². The molecule has 0 spiro atoms. The van der Waals surface area contributed by atoms with Crippen molar-refractivity contribution in [1.82, 2.24) is 10.6 Å². The van der Waals surface area contributed by atoms with Gasteiger partial charge in [0.05, 0.1) is 0 Å². The lowest BCUT2D eigenvalue weighted by Crippen LogP contribution is -2.33. The smallest absolute Gasteiger partial charge is 0.221 e. The van der Waals surface area contributed by atoms with Gasteiger partial charge in [0.15, 0.2) is 0 Å². The highest BCUT2D eigenvalue weighted by Gasteiger charge is 2.06. The Morgan fingerprint density at radius 1 is 1.17 bits per heavy atom. The molecule has 0 aliphatic heterocycles. The topological polar surface area (TPSA) is 41.1 Å². The molecule has 0 aromatic heterocycles. The first-order chi connectivity index (χ1) is 8.49. The first-order valence-corrected chi connectivity index (χ1v) is 6.58. The molecule has 0 aliphatic carbocycles. The van der Waals surface area contributed by atoms with Crippen LogP contribution in [-0.2, 0) is 4.79 Å². The van der Waals surface area contributed by atoms with Crippen molar-refractivity contribution < 1.29 is 4.79 Å². The predicted octanol–water partition coefficient (Wildman–Crippen LogP) is 2.56. The number of aryl methyl sites for hydroxylation is 1. The van der Waals surface area contributed by atoms with Gasteiger partial charge in [0.1, 0.15) is 0 Å². The van der Waals surface area contributed by atoms with Crippen molar-refractivity contribution in [2.45, 2.75) is 46.2 Å². The van der Waals surface area contributed by atoms with E-state index in [9.17, 15) is 4.79 Å². The largest absolute Gasteiger partial charge is 0.354 e. The number of hydrogen-bond donors (Lipinski definition) is 2. The average molecular weight is 248 g/mol. The van der Waals surface area contributed by atoms with E-state index in [0.717, 1.165) is 0 Å². The van der Waals surface area contributed by atoms with Crippen LogP contribution in [0.25, 0.3) is 0 Å². The number of hydrogen-bond acceptors (Lipinski definition) is 2. The van der Waals surface area contributed by atoms with Crippen LogP contribution in [0, 0.1) is 6.92 Å². The van der Waals surface area contributed by atoms with E-state index in [1.165, 1.54) is 11.1 Å². The molecule has 1 atom stereocenters. The molecule has 0 fully saturated rings. The van der Waals surface area contributed by atoms with Crippen LogP contribution in [0.5, 0.6) is 0 Å². The number of carbonyl (C=O) groups is 1. The molecule has 1 aromatic rings. The molecule has 1 rings (SSSR count). The summed E-state index contributed by atoms with van der Waals surface area (Å²) in [5.41, 5.74) is 2.52. The van der Waals surface area contributed by atoms with Gasteiger partial charge in [0, 0.05) is 25.0 Å². The third-order valence-electron chi connectivity index (χ3n) is 2.83. The highest BCUT2D eigenvalue weighted by molar-refractivity contribution is 5.76. The van der Waals surface area contributed by atoms with E-state index in [1.54, 1.807) is 0 Å². The Balaban J connectivity index is 2.31. The van der Waals surface area contributed by atoms with E-state index < -0.39 is 0 Å². The monoisotopic (exact) mass is 248 g/mol. The maximum absolute atomic E-state index is 11.5. The normalized spacial score (nSPS) is 12.5. The molecule has 0 unspecified atom stereocenters. The van der Waals surface area contributed by atoms with Gasteiger partial charge in [-0.2, -0.15) is 0 Å². The summed E-state index contributed by atoms with van der Waals surface area (Å²) in [5, 5.41) is 6.25. The van der Waals surface area contributed by atoms with Crippen molar-refractivity contribution in [3.05, 3.63) is 35.4 Å². The fourth-order valence-electron chi connectivity index (χ4n) is 1.77. The van der Waals surface area contributed by atoms with Crippen LogP contribution in [0.4, 0.5) is 0 Å². The standard InChI is InChI=1S/C15H24N2O/c1-11(2)17-15(18)9-10-16-13(4)14-7-5-12(3)6-8-14/h5-8,11,13,16H,9-10H2,1-4H3,(H,17,18)/t13-/m0/s1. The lowest BCUT2D eigenvalue weighted by molar-refractivity contribution is -0.121. The van der Waals surface area contributed by atoms with Gasteiger partial charge in [-0.3, -0.25) is 4.79 Å². The second-order valence-corrected chi connectivity index (χ2v) is 5.06. The summed E-state index contributed by atoms with van der Waals surface area (Å²) >= 11 is 0. The summed E-state index contributed by atoms with van der Waals surface area (Å²) in [4.78, 5) is 11.5. The molecule has 100 valence electrons. The zero-order valence-electron chi connectivity index (χ0n) is 11.8. The Bertz CT molecular complexity index is 371. The quantitative estimate of drug-likeness (QED) is 0.812. The summed E-state index contributed by atoms with van der Waals surface area (Å²) in [7, 11) is 0. The number of rotatable bonds is 6. The molecule has 3 heteroatoms. The van der Waals surface area contributed by atoms with Gasteiger partial charge in [0.2, 0.25) is 5.91 Å². The second kappa shape index (κ2) is 7.17. The van der Waals surface area contributed by atoms with Crippen LogP contribution < -0.4 is 10.6 Å². The van der Waals surface area contributed by atoms with Gasteiger partial charge in [-0.05, 0) is 33.3 Å². The second-order valence-electron chi connectivity index (χ2n) is 5.06. The highest BCUT2D eigenvalue weighted by atomic mass is 16.1. The molecule has 0 saturated carbocycles. The molecule has 0 heterocycles. The number of amides is 1. The number of carbonyl (C=O) groups excluding carboxylic acids is 1. The van der Waals surface area contributed by atoms with Crippen molar-refractivity contribution in [3.8, 4) is 0 Å². The molecule has 0 saturated heterocycles. The number of nitrogens with one attached hydrogen (secondary N) is 2.